The van der Waals surface area contributed by atoms with E-state index in [1.807, 2.05) is 36.1 Å². The molecule has 1 aromatic carbocycles. The fraction of sp³-hybridized carbons (Fsp3) is 0.412. The third kappa shape index (κ3) is 3.90. The lowest BCUT2D eigenvalue weighted by Crippen LogP contribution is -2.34. The highest BCUT2D eigenvalue weighted by atomic mass is 79.9. The molecule has 24 heavy (non-hydrogen) atoms. The number of allylic oxidation sites excluding steroid dienone is 2. The highest BCUT2D eigenvalue weighted by Crippen LogP contribution is 2.21. The summed E-state index contributed by atoms with van der Waals surface area (Å²) in [6.45, 7) is 2.77. The van der Waals surface area contributed by atoms with Crippen molar-refractivity contribution in [3.05, 3.63) is 40.5 Å². The molecular formula is C17H20BrN5O. The van der Waals surface area contributed by atoms with Crippen LogP contribution in [0.4, 0.5) is 0 Å². The normalized spacial score (nSPS) is 14.3. The second-order valence-corrected chi connectivity index (χ2v) is 6.65. The summed E-state index contributed by atoms with van der Waals surface area (Å²) in [5.74, 6) is 0.528. The molecule has 1 heterocycles. The Kier molecular flexibility index (Phi) is 5.40. The van der Waals surface area contributed by atoms with E-state index < -0.39 is 0 Å². The van der Waals surface area contributed by atoms with E-state index in [4.69, 9.17) is 0 Å². The van der Waals surface area contributed by atoms with Gasteiger partial charge in [-0.3, -0.25) is 4.79 Å². The zero-order chi connectivity index (χ0) is 16.9. The molecule has 0 radical (unpaired) electrons. The van der Waals surface area contributed by atoms with Crippen LogP contribution in [0.1, 0.15) is 32.6 Å². The zero-order valence-electron chi connectivity index (χ0n) is 13.7. The van der Waals surface area contributed by atoms with Crippen molar-refractivity contribution in [2.24, 2.45) is 0 Å². The summed E-state index contributed by atoms with van der Waals surface area (Å²) in [6, 6.07) is 7.68. The van der Waals surface area contributed by atoms with E-state index >= 15 is 0 Å². The Morgan fingerprint density at radius 1 is 1.29 bits per heavy atom. The van der Waals surface area contributed by atoms with Crippen molar-refractivity contribution in [1.29, 1.82) is 0 Å². The maximum Gasteiger partial charge on any atom is 0.250 e. The molecule has 0 saturated carbocycles. The van der Waals surface area contributed by atoms with Crippen LogP contribution in [-0.2, 0) is 11.3 Å². The predicted octanol–water partition coefficient (Wildman–Crippen LogP) is 3.41. The van der Waals surface area contributed by atoms with E-state index in [0.29, 0.717) is 12.4 Å². The van der Waals surface area contributed by atoms with Gasteiger partial charge in [-0.2, -0.15) is 4.80 Å². The molecule has 0 unspecified atom stereocenters. The molecule has 0 atom stereocenters. The summed E-state index contributed by atoms with van der Waals surface area (Å²) in [5.41, 5.74) is 2.00. The number of nitrogens with zero attached hydrogens (tertiary/aromatic N) is 5. The summed E-state index contributed by atoms with van der Waals surface area (Å²) < 4.78 is 0.994. The molecule has 0 saturated heterocycles. The summed E-state index contributed by atoms with van der Waals surface area (Å²) in [4.78, 5) is 15.8. The van der Waals surface area contributed by atoms with Crippen molar-refractivity contribution in [3.8, 4) is 11.4 Å². The Bertz CT molecular complexity index is 738. The lowest BCUT2D eigenvalue weighted by molar-refractivity contribution is -0.130. The summed E-state index contributed by atoms with van der Waals surface area (Å²) in [7, 11) is 0. The lowest BCUT2D eigenvalue weighted by Gasteiger charge is -2.26. The van der Waals surface area contributed by atoms with Gasteiger partial charge in [-0.25, -0.2) is 0 Å². The number of benzene rings is 1. The predicted molar refractivity (Wildman–Crippen MR) is 94.9 cm³/mol. The third-order valence-electron chi connectivity index (χ3n) is 4.06. The van der Waals surface area contributed by atoms with Crippen LogP contribution in [0.5, 0.6) is 0 Å². The Morgan fingerprint density at radius 3 is 2.75 bits per heavy atom. The molecule has 0 fully saturated rings. The van der Waals surface area contributed by atoms with Gasteiger partial charge in [-0.05, 0) is 62.1 Å². The number of amides is 1. The molecule has 126 valence electrons. The van der Waals surface area contributed by atoms with Crippen molar-refractivity contribution in [3.63, 3.8) is 0 Å². The number of rotatable bonds is 5. The van der Waals surface area contributed by atoms with E-state index in [9.17, 15) is 4.79 Å². The van der Waals surface area contributed by atoms with Gasteiger partial charge in [0.05, 0.1) is 0 Å². The first-order valence-electron chi connectivity index (χ1n) is 8.20. The molecule has 6 nitrogen and oxygen atoms in total. The van der Waals surface area contributed by atoms with Gasteiger partial charge in [-0.1, -0.05) is 22.0 Å². The van der Waals surface area contributed by atoms with E-state index in [1.54, 1.807) is 0 Å². The van der Waals surface area contributed by atoms with Crippen LogP contribution in [0.25, 0.3) is 11.4 Å². The van der Waals surface area contributed by atoms with Crippen LogP contribution in [0.3, 0.4) is 0 Å². The SMILES string of the molecule is CCN(C(=O)Cn1nnc(-c2ccc(Br)cc2)n1)C1=CCCCC1. The van der Waals surface area contributed by atoms with Gasteiger partial charge in [0.25, 0.3) is 0 Å². The Morgan fingerprint density at radius 2 is 2.08 bits per heavy atom. The minimum Gasteiger partial charge on any atom is -0.315 e. The van der Waals surface area contributed by atoms with Crippen LogP contribution in [0, 0.1) is 0 Å². The molecule has 1 aromatic heterocycles. The molecule has 0 N–H and O–H groups in total. The van der Waals surface area contributed by atoms with E-state index in [1.165, 1.54) is 11.2 Å². The number of carbonyl (C=O) groups is 1. The molecule has 3 rings (SSSR count). The standard InChI is InChI=1S/C17H20BrN5O/c1-2-22(15-6-4-3-5-7-15)16(24)12-23-20-17(19-21-23)13-8-10-14(18)11-9-13/h6,8-11H,2-5,7,12H2,1H3. The van der Waals surface area contributed by atoms with Crippen LogP contribution in [0.15, 0.2) is 40.5 Å². The summed E-state index contributed by atoms with van der Waals surface area (Å²) in [5, 5.41) is 12.4. The molecule has 0 aliphatic heterocycles. The van der Waals surface area contributed by atoms with Crippen molar-refractivity contribution in [2.75, 3.05) is 6.54 Å². The average Bonchev–Trinajstić information content (AvgIpc) is 3.05. The number of hydrogen-bond donors (Lipinski definition) is 0. The summed E-state index contributed by atoms with van der Waals surface area (Å²) in [6.07, 6.45) is 6.54. The summed E-state index contributed by atoms with van der Waals surface area (Å²) >= 11 is 3.40. The first-order valence-corrected chi connectivity index (χ1v) is 9.00. The quantitative estimate of drug-likeness (QED) is 0.785. The largest absolute Gasteiger partial charge is 0.315 e. The van der Waals surface area contributed by atoms with Gasteiger partial charge in [0, 0.05) is 22.3 Å². The molecule has 2 aromatic rings. The second kappa shape index (κ2) is 7.70. The van der Waals surface area contributed by atoms with E-state index in [0.717, 1.165) is 35.0 Å². The van der Waals surface area contributed by atoms with Crippen molar-refractivity contribution >= 4 is 21.8 Å². The Hall–Kier alpha value is -2.02. The fourth-order valence-corrected chi connectivity index (χ4v) is 3.10. The number of likely N-dealkylation sites (N-methyl/N-ethyl adjacent to an activating group) is 1. The first-order chi connectivity index (χ1) is 11.7. The van der Waals surface area contributed by atoms with Gasteiger partial charge in [0.15, 0.2) is 0 Å². The number of hydrogen-bond acceptors (Lipinski definition) is 4. The van der Waals surface area contributed by atoms with Gasteiger partial charge in [0.2, 0.25) is 11.7 Å². The lowest BCUT2D eigenvalue weighted by atomic mass is 10.0. The third-order valence-corrected chi connectivity index (χ3v) is 4.59. The monoisotopic (exact) mass is 389 g/mol. The van der Waals surface area contributed by atoms with E-state index in [2.05, 4.69) is 37.4 Å². The van der Waals surface area contributed by atoms with Gasteiger partial charge >= 0.3 is 0 Å². The van der Waals surface area contributed by atoms with Crippen LogP contribution < -0.4 is 0 Å². The highest BCUT2D eigenvalue weighted by Gasteiger charge is 2.19. The average molecular weight is 390 g/mol. The zero-order valence-corrected chi connectivity index (χ0v) is 15.2. The second-order valence-electron chi connectivity index (χ2n) is 5.73. The number of halogens is 1. The van der Waals surface area contributed by atoms with Gasteiger partial charge in [0.1, 0.15) is 6.54 Å². The highest BCUT2D eigenvalue weighted by molar-refractivity contribution is 9.10. The maximum absolute atomic E-state index is 12.6. The first kappa shape index (κ1) is 16.8. The van der Waals surface area contributed by atoms with Gasteiger partial charge < -0.3 is 4.90 Å². The Balaban J connectivity index is 1.70. The maximum atomic E-state index is 12.6. The van der Waals surface area contributed by atoms with E-state index in [-0.39, 0.29) is 12.5 Å². The van der Waals surface area contributed by atoms with Crippen LogP contribution in [0.2, 0.25) is 0 Å². The number of aromatic nitrogens is 4. The number of tetrazole rings is 1. The molecule has 1 aliphatic carbocycles. The van der Waals surface area contributed by atoms with Crippen LogP contribution >= 0.6 is 15.9 Å². The molecular weight excluding hydrogens is 370 g/mol. The number of carbonyl (C=O) groups excluding carboxylic acids is 1. The molecule has 0 spiro atoms. The molecule has 7 heteroatoms. The van der Waals surface area contributed by atoms with Crippen molar-refractivity contribution in [1.82, 2.24) is 25.1 Å². The minimum atomic E-state index is 0.00501. The molecule has 0 bridgehead atoms. The molecule has 1 aliphatic rings. The fourth-order valence-electron chi connectivity index (χ4n) is 2.84. The topological polar surface area (TPSA) is 63.9 Å². The van der Waals surface area contributed by atoms with Crippen molar-refractivity contribution < 1.29 is 4.79 Å². The molecule has 1 amide bonds. The van der Waals surface area contributed by atoms with Crippen molar-refractivity contribution in [2.45, 2.75) is 39.2 Å². The minimum absolute atomic E-state index is 0.00501. The Labute approximate surface area is 149 Å². The smallest absolute Gasteiger partial charge is 0.250 e. The van der Waals surface area contributed by atoms with Crippen LogP contribution in [-0.4, -0.2) is 37.6 Å². The van der Waals surface area contributed by atoms with Gasteiger partial charge in [-0.15, -0.1) is 10.2 Å².